The van der Waals surface area contributed by atoms with E-state index in [1.54, 1.807) is 7.05 Å². The third-order valence-electron chi connectivity index (χ3n) is 3.32. The fourth-order valence-corrected chi connectivity index (χ4v) is 2.31. The van der Waals surface area contributed by atoms with Crippen LogP contribution in [-0.4, -0.2) is 40.9 Å². The van der Waals surface area contributed by atoms with E-state index in [-0.39, 0.29) is 17.6 Å². The lowest BCUT2D eigenvalue weighted by molar-refractivity contribution is -0.384. The van der Waals surface area contributed by atoms with Gasteiger partial charge in [0, 0.05) is 20.1 Å². The summed E-state index contributed by atoms with van der Waals surface area (Å²) in [6.07, 6.45) is 2.64. The second-order valence-corrected chi connectivity index (χ2v) is 4.55. The zero-order valence-corrected chi connectivity index (χ0v) is 10.9. The highest BCUT2D eigenvalue weighted by atomic mass is 16.6. The molecule has 8 nitrogen and oxygen atoms in total. The number of carbonyl (C=O) groups is 1. The molecule has 0 spiro atoms. The van der Waals surface area contributed by atoms with Gasteiger partial charge in [-0.3, -0.25) is 19.6 Å². The van der Waals surface area contributed by atoms with Crippen LogP contribution in [0.25, 0.3) is 0 Å². The van der Waals surface area contributed by atoms with Crippen LogP contribution in [0.5, 0.6) is 0 Å². The van der Waals surface area contributed by atoms with Crippen LogP contribution in [0.15, 0.2) is 6.20 Å². The van der Waals surface area contributed by atoms with E-state index < -0.39 is 4.92 Å². The Morgan fingerprint density at radius 3 is 2.68 bits per heavy atom. The first-order valence-corrected chi connectivity index (χ1v) is 6.03. The van der Waals surface area contributed by atoms with Crippen LogP contribution in [0.1, 0.15) is 12.8 Å². The molecule has 2 rings (SSSR count). The van der Waals surface area contributed by atoms with Crippen molar-refractivity contribution in [2.75, 3.05) is 25.1 Å². The third-order valence-corrected chi connectivity index (χ3v) is 3.32. The van der Waals surface area contributed by atoms with Gasteiger partial charge < -0.3 is 9.64 Å². The molecule has 1 fully saturated rings. The van der Waals surface area contributed by atoms with E-state index in [2.05, 4.69) is 5.10 Å². The summed E-state index contributed by atoms with van der Waals surface area (Å²) in [5, 5.41) is 15.1. The highest BCUT2D eigenvalue weighted by Crippen LogP contribution is 2.29. The zero-order valence-electron chi connectivity index (χ0n) is 10.9. The highest BCUT2D eigenvalue weighted by molar-refractivity contribution is 5.72. The molecule has 0 N–H and O–H groups in total. The molecule has 2 heterocycles. The van der Waals surface area contributed by atoms with Gasteiger partial charge in [-0.25, -0.2) is 0 Å². The maximum absolute atomic E-state index is 11.4. The molecule has 1 saturated heterocycles. The molecule has 0 aliphatic carbocycles. The van der Waals surface area contributed by atoms with Crippen LogP contribution in [-0.2, 0) is 16.6 Å². The minimum Gasteiger partial charge on any atom is -0.469 e. The molecule has 0 aromatic carbocycles. The summed E-state index contributed by atoms with van der Waals surface area (Å²) in [7, 11) is 3.02. The molecule has 1 aliphatic heterocycles. The van der Waals surface area contributed by atoms with Crippen molar-refractivity contribution in [2.24, 2.45) is 13.0 Å². The molecule has 19 heavy (non-hydrogen) atoms. The zero-order chi connectivity index (χ0) is 14.0. The minimum absolute atomic E-state index is 0.000909. The molecule has 104 valence electrons. The summed E-state index contributed by atoms with van der Waals surface area (Å²) in [6, 6.07) is 0. The summed E-state index contributed by atoms with van der Waals surface area (Å²) >= 11 is 0. The van der Waals surface area contributed by atoms with Gasteiger partial charge in [0.25, 0.3) is 0 Å². The van der Waals surface area contributed by atoms with Crippen LogP contribution in [0.4, 0.5) is 11.5 Å². The number of piperidine rings is 1. The van der Waals surface area contributed by atoms with Gasteiger partial charge in [-0.1, -0.05) is 0 Å². The number of rotatable bonds is 3. The van der Waals surface area contributed by atoms with Crippen molar-refractivity contribution < 1.29 is 14.5 Å². The normalized spacial score (nSPS) is 16.4. The Hall–Kier alpha value is -2.12. The summed E-state index contributed by atoms with van der Waals surface area (Å²) in [5.74, 6) is 0.0370. The summed E-state index contributed by atoms with van der Waals surface area (Å²) in [5.41, 5.74) is -0.000909. The molecular formula is C11H16N4O4. The number of nitrogens with zero attached hydrogens (tertiary/aromatic N) is 4. The second kappa shape index (κ2) is 5.25. The van der Waals surface area contributed by atoms with E-state index >= 15 is 0 Å². The largest absolute Gasteiger partial charge is 0.469 e. The number of esters is 1. The summed E-state index contributed by atoms with van der Waals surface area (Å²) < 4.78 is 6.14. The molecule has 0 amide bonds. The molecule has 1 aromatic rings. The molecule has 8 heteroatoms. The SMILES string of the molecule is COC(=O)C1CCN(c2nn(C)cc2[N+](=O)[O-])CC1. The second-order valence-electron chi connectivity index (χ2n) is 4.55. The number of hydrogen-bond acceptors (Lipinski definition) is 6. The quantitative estimate of drug-likeness (QED) is 0.455. The molecular weight excluding hydrogens is 252 g/mol. The predicted octanol–water partition coefficient (Wildman–Crippen LogP) is 0.718. The van der Waals surface area contributed by atoms with Gasteiger partial charge in [0.1, 0.15) is 6.20 Å². The monoisotopic (exact) mass is 268 g/mol. The van der Waals surface area contributed by atoms with Gasteiger partial charge in [0.05, 0.1) is 18.0 Å². The highest BCUT2D eigenvalue weighted by Gasteiger charge is 2.30. The molecule has 1 aromatic heterocycles. The molecule has 1 aliphatic rings. The lowest BCUT2D eigenvalue weighted by atomic mass is 9.97. The van der Waals surface area contributed by atoms with Crippen molar-refractivity contribution in [2.45, 2.75) is 12.8 Å². The van der Waals surface area contributed by atoms with E-state index in [4.69, 9.17) is 4.74 Å². The Kier molecular flexibility index (Phi) is 3.68. The smallest absolute Gasteiger partial charge is 0.330 e. The van der Waals surface area contributed by atoms with Gasteiger partial charge >= 0.3 is 11.7 Å². The first-order valence-electron chi connectivity index (χ1n) is 6.03. The van der Waals surface area contributed by atoms with Crippen molar-refractivity contribution in [3.05, 3.63) is 16.3 Å². The Balaban J connectivity index is 2.09. The van der Waals surface area contributed by atoms with E-state index in [0.717, 1.165) is 0 Å². The van der Waals surface area contributed by atoms with Crippen molar-refractivity contribution >= 4 is 17.5 Å². The van der Waals surface area contributed by atoms with E-state index in [0.29, 0.717) is 31.7 Å². The number of carbonyl (C=O) groups excluding carboxylic acids is 1. The standard InChI is InChI=1S/C11H16N4O4/c1-13-7-9(15(17)18)10(12-13)14-5-3-8(4-6-14)11(16)19-2/h7-8H,3-6H2,1-2H3. The first-order chi connectivity index (χ1) is 9.02. The Labute approximate surface area is 110 Å². The van der Waals surface area contributed by atoms with Crippen molar-refractivity contribution in [3.8, 4) is 0 Å². The lowest BCUT2D eigenvalue weighted by Gasteiger charge is -2.30. The molecule has 0 radical (unpaired) electrons. The average Bonchev–Trinajstić information content (AvgIpc) is 2.80. The number of nitro groups is 1. The topological polar surface area (TPSA) is 90.5 Å². The number of aromatic nitrogens is 2. The summed E-state index contributed by atoms with van der Waals surface area (Å²) in [4.78, 5) is 23.8. The van der Waals surface area contributed by atoms with Crippen LogP contribution in [0.2, 0.25) is 0 Å². The molecule has 0 atom stereocenters. The number of methoxy groups -OCH3 is 1. The first kappa shape index (κ1) is 13.3. The van der Waals surface area contributed by atoms with E-state index in [1.165, 1.54) is 18.0 Å². The number of ether oxygens (including phenoxy) is 1. The minimum atomic E-state index is -0.436. The van der Waals surface area contributed by atoms with Gasteiger partial charge in [-0.2, -0.15) is 0 Å². The lowest BCUT2D eigenvalue weighted by Crippen LogP contribution is -2.37. The molecule has 0 saturated carbocycles. The molecule has 0 unspecified atom stereocenters. The van der Waals surface area contributed by atoms with Gasteiger partial charge in [-0.15, -0.1) is 5.10 Å². The maximum Gasteiger partial charge on any atom is 0.330 e. The number of anilines is 1. The van der Waals surface area contributed by atoms with E-state index in [1.807, 2.05) is 4.90 Å². The van der Waals surface area contributed by atoms with Crippen LogP contribution in [0.3, 0.4) is 0 Å². The average molecular weight is 268 g/mol. The summed E-state index contributed by atoms with van der Waals surface area (Å²) in [6.45, 7) is 1.13. The Bertz CT molecular complexity index is 491. The Morgan fingerprint density at radius 1 is 1.53 bits per heavy atom. The third kappa shape index (κ3) is 2.67. The van der Waals surface area contributed by atoms with Crippen LogP contribution < -0.4 is 4.90 Å². The van der Waals surface area contributed by atoms with Gasteiger partial charge in [-0.05, 0) is 12.8 Å². The Morgan fingerprint density at radius 2 is 2.16 bits per heavy atom. The fraction of sp³-hybridized carbons (Fsp3) is 0.636. The van der Waals surface area contributed by atoms with Crippen molar-refractivity contribution in [1.29, 1.82) is 0 Å². The molecule has 0 bridgehead atoms. The fourth-order valence-electron chi connectivity index (χ4n) is 2.31. The van der Waals surface area contributed by atoms with Crippen LogP contribution >= 0.6 is 0 Å². The number of aryl methyl sites for hydroxylation is 1. The van der Waals surface area contributed by atoms with E-state index in [9.17, 15) is 14.9 Å². The maximum atomic E-state index is 11.4. The van der Waals surface area contributed by atoms with Gasteiger partial charge in [0.15, 0.2) is 0 Å². The van der Waals surface area contributed by atoms with Crippen molar-refractivity contribution in [1.82, 2.24) is 9.78 Å². The van der Waals surface area contributed by atoms with Crippen LogP contribution in [0, 0.1) is 16.0 Å². The van der Waals surface area contributed by atoms with Crippen molar-refractivity contribution in [3.63, 3.8) is 0 Å². The van der Waals surface area contributed by atoms with Gasteiger partial charge in [0.2, 0.25) is 5.82 Å². The predicted molar refractivity (Wildman–Crippen MR) is 66.8 cm³/mol. The number of hydrogen-bond donors (Lipinski definition) is 0.